The van der Waals surface area contributed by atoms with Crippen molar-refractivity contribution in [1.29, 1.82) is 0 Å². The number of aromatic nitrogens is 1. The maximum absolute atomic E-state index is 12.6. The molecule has 0 spiro atoms. The number of carbonyl (C=O) groups excluding carboxylic acids is 2. The van der Waals surface area contributed by atoms with E-state index in [4.69, 9.17) is 4.74 Å². The first-order valence-corrected chi connectivity index (χ1v) is 10.2. The van der Waals surface area contributed by atoms with Gasteiger partial charge in [0.05, 0.1) is 18.2 Å². The van der Waals surface area contributed by atoms with Gasteiger partial charge in [0.1, 0.15) is 5.82 Å². The maximum atomic E-state index is 12.6. The van der Waals surface area contributed by atoms with Crippen molar-refractivity contribution in [2.75, 3.05) is 12.4 Å². The number of anilines is 1. The molecule has 7 heteroatoms. The first-order valence-electron chi connectivity index (χ1n) is 10.2. The highest BCUT2D eigenvalue weighted by Crippen LogP contribution is 2.23. The molecule has 6 nitrogen and oxygen atoms in total. The van der Waals surface area contributed by atoms with Crippen molar-refractivity contribution in [2.45, 2.75) is 37.8 Å². The molecule has 4 rings (SSSR count). The minimum absolute atomic E-state index is 0. The largest absolute Gasteiger partial charge is 0.465 e. The first kappa shape index (κ1) is 22.6. The molecule has 1 heterocycles. The maximum Gasteiger partial charge on any atom is 0.337 e. The molecule has 0 unspecified atom stereocenters. The Bertz CT molecular complexity index is 1060. The highest BCUT2D eigenvalue weighted by molar-refractivity contribution is 5.98. The molecule has 3 aromatic rings. The Morgan fingerprint density at radius 2 is 1.61 bits per heavy atom. The summed E-state index contributed by atoms with van der Waals surface area (Å²) in [5, 5.41) is 7.75. The summed E-state index contributed by atoms with van der Waals surface area (Å²) in [7, 11) is 1.33. The fraction of sp³-hybridized carbons (Fsp3) is 0.292. The Morgan fingerprint density at radius 3 is 2.39 bits per heavy atom. The Labute approximate surface area is 187 Å². The molecule has 0 saturated heterocycles. The van der Waals surface area contributed by atoms with E-state index in [1.54, 1.807) is 24.3 Å². The zero-order valence-electron chi connectivity index (χ0n) is 17.3. The van der Waals surface area contributed by atoms with Crippen LogP contribution >= 0.6 is 12.4 Å². The second-order valence-electron chi connectivity index (χ2n) is 7.63. The van der Waals surface area contributed by atoms with Crippen LogP contribution in [-0.2, 0) is 4.74 Å². The van der Waals surface area contributed by atoms with Gasteiger partial charge in [0.15, 0.2) is 0 Å². The van der Waals surface area contributed by atoms with Gasteiger partial charge in [-0.25, -0.2) is 9.78 Å². The molecule has 0 radical (unpaired) electrons. The third-order valence-corrected chi connectivity index (χ3v) is 5.56. The number of methoxy groups -OCH3 is 1. The van der Waals surface area contributed by atoms with E-state index in [1.807, 2.05) is 24.3 Å². The van der Waals surface area contributed by atoms with Gasteiger partial charge in [-0.3, -0.25) is 4.79 Å². The van der Waals surface area contributed by atoms with Gasteiger partial charge in [0.25, 0.3) is 5.91 Å². The molecule has 1 aliphatic carbocycles. The normalized spacial score (nSPS) is 18.0. The van der Waals surface area contributed by atoms with Crippen LogP contribution in [0.1, 0.15) is 46.4 Å². The van der Waals surface area contributed by atoms with Crippen LogP contribution in [0.4, 0.5) is 5.82 Å². The summed E-state index contributed by atoms with van der Waals surface area (Å²) < 4.78 is 4.72. The molecule has 1 saturated carbocycles. The smallest absolute Gasteiger partial charge is 0.337 e. The second-order valence-corrected chi connectivity index (χ2v) is 7.63. The molecular weight excluding hydrogens is 414 g/mol. The number of halogens is 1. The number of para-hydroxylation sites is 1. The van der Waals surface area contributed by atoms with Crippen molar-refractivity contribution < 1.29 is 14.3 Å². The second kappa shape index (κ2) is 10.3. The summed E-state index contributed by atoms with van der Waals surface area (Å²) in [4.78, 5) is 28.9. The zero-order chi connectivity index (χ0) is 20.9. The summed E-state index contributed by atoms with van der Waals surface area (Å²) >= 11 is 0. The highest BCUT2D eigenvalue weighted by Gasteiger charge is 2.23. The van der Waals surface area contributed by atoms with Crippen LogP contribution < -0.4 is 10.6 Å². The van der Waals surface area contributed by atoms with Gasteiger partial charge in [-0.1, -0.05) is 24.3 Å². The number of amides is 1. The summed E-state index contributed by atoms with van der Waals surface area (Å²) in [5.74, 6) is 0.285. The predicted molar refractivity (Wildman–Crippen MR) is 124 cm³/mol. The molecule has 0 atom stereocenters. The Morgan fingerprint density at radius 1 is 0.903 bits per heavy atom. The van der Waals surface area contributed by atoms with E-state index in [2.05, 4.69) is 27.8 Å². The van der Waals surface area contributed by atoms with E-state index < -0.39 is 5.97 Å². The van der Waals surface area contributed by atoms with Gasteiger partial charge in [-0.15, -0.1) is 12.4 Å². The predicted octanol–water partition coefficient (Wildman–Crippen LogP) is 4.60. The minimum atomic E-state index is -0.446. The lowest BCUT2D eigenvalue weighted by molar-refractivity contribution is 0.0600. The molecule has 162 valence electrons. The Kier molecular flexibility index (Phi) is 7.47. The molecule has 31 heavy (non-hydrogen) atoms. The molecule has 1 amide bonds. The van der Waals surface area contributed by atoms with Crippen LogP contribution in [0.3, 0.4) is 0 Å². The van der Waals surface area contributed by atoms with Crippen molar-refractivity contribution in [3.63, 3.8) is 0 Å². The summed E-state index contributed by atoms with van der Waals surface area (Å²) in [5.41, 5.74) is 1.83. The summed E-state index contributed by atoms with van der Waals surface area (Å²) in [6.07, 6.45) is 3.71. The van der Waals surface area contributed by atoms with Gasteiger partial charge < -0.3 is 15.4 Å². The van der Waals surface area contributed by atoms with Gasteiger partial charge in [-0.05, 0) is 62.1 Å². The monoisotopic (exact) mass is 439 g/mol. The Balaban J connectivity index is 0.00000272. The number of fused-ring (bicyclic) bond motifs is 1. The fourth-order valence-electron chi connectivity index (χ4n) is 3.91. The van der Waals surface area contributed by atoms with Crippen LogP contribution in [0.2, 0.25) is 0 Å². The topological polar surface area (TPSA) is 80.3 Å². The highest BCUT2D eigenvalue weighted by atomic mass is 35.5. The average molecular weight is 440 g/mol. The lowest BCUT2D eigenvalue weighted by Gasteiger charge is -2.30. The van der Waals surface area contributed by atoms with Crippen molar-refractivity contribution in [3.05, 3.63) is 71.8 Å². The lowest BCUT2D eigenvalue weighted by Crippen LogP contribution is -2.40. The van der Waals surface area contributed by atoms with E-state index in [0.717, 1.165) is 42.4 Å². The van der Waals surface area contributed by atoms with E-state index in [1.165, 1.54) is 7.11 Å². The zero-order valence-corrected chi connectivity index (χ0v) is 18.2. The van der Waals surface area contributed by atoms with Gasteiger partial charge in [0.2, 0.25) is 0 Å². The number of esters is 1. The number of rotatable bonds is 5. The summed E-state index contributed by atoms with van der Waals surface area (Å²) in [6.45, 7) is 0. The molecule has 1 aromatic heterocycles. The standard InChI is InChI=1S/C24H25N3O3.ClH/c1-30-24(29)18-7-4-6-17(15-18)23(28)26-20-12-10-19(11-13-20)25-22-14-9-16-5-2-3-8-21(16)27-22;/h2-9,14-15,19-20H,10-13H2,1H3,(H,25,27)(H,26,28);1H/t19-,20+;. The number of hydrogen-bond acceptors (Lipinski definition) is 5. The SMILES string of the molecule is COC(=O)c1cccc(C(=O)N[C@H]2CC[C@@H](Nc3ccc4ccccc4n3)CC2)c1.Cl. The number of nitrogens with one attached hydrogen (secondary N) is 2. The van der Waals surface area contributed by atoms with Crippen molar-refractivity contribution in [1.82, 2.24) is 10.3 Å². The average Bonchev–Trinajstić information content (AvgIpc) is 2.80. The third kappa shape index (κ3) is 5.52. The summed E-state index contributed by atoms with van der Waals surface area (Å²) in [6, 6.07) is 19.3. The van der Waals surface area contributed by atoms with Gasteiger partial charge in [-0.2, -0.15) is 0 Å². The molecule has 1 fully saturated rings. The third-order valence-electron chi connectivity index (χ3n) is 5.56. The molecule has 0 aliphatic heterocycles. The lowest BCUT2D eigenvalue weighted by atomic mass is 9.91. The molecule has 1 aliphatic rings. The van der Waals surface area contributed by atoms with Crippen LogP contribution in [0, 0.1) is 0 Å². The quantitative estimate of drug-likeness (QED) is 0.568. The Hall–Kier alpha value is -3.12. The van der Waals surface area contributed by atoms with Crippen LogP contribution in [0.5, 0.6) is 0 Å². The van der Waals surface area contributed by atoms with Crippen molar-refractivity contribution in [2.24, 2.45) is 0 Å². The molecule has 2 aromatic carbocycles. The van der Waals surface area contributed by atoms with Crippen molar-refractivity contribution in [3.8, 4) is 0 Å². The number of carbonyl (C=O) groups is 2. The fourth-order valence-corrected chi connectivity index (χ4v) is 3.91. The molecule has 2 N–H and O–H groups in total. The molecular formula is C24H26ClN3O3. The van der Waals surface area contributed by atoms with E-state index in [9.17, 15) is 9.59 Å². The number of hydrogen-bond donors (Lipinski definition) is 2. The van der Waals surface area contributed by atoms with E-state index in [0.29, 0.717) is 17.2 Å². The number of benzene rings is 2. The molecule has 0 bridgehead atoms. The number of nitrogens with zero attached hydrogens (tertiary/aromatic N) is 1. The van der Waals surface area contributed by atoms with Gasteiger partial charge >= 0.3 is 5.97 Å². The van der Waals surface area contributed by atoms with Crippen LogP contribution in [0.15, 0.2) is 60.7 Å². The number of ether oxygens (including phenoxy) is 1. The van der Waals surface area contributed by atoms with Gasteiger partial charge in [0, 0.05) is 23.0 Å². The van der Waals surface area contributed by atoms with Crippen LogP contribution in [-0.4, -0.2) is 36.1 Å². The first-order chi connectivity index (χ1) is 14.6. The van der Waals surface area contributed by atoms with E-state index in [-0.39, 0.29) is 24.4 Å². The van der Waals surface area contributed by atoms with E-state index >= 15 is 0 Å². The van der Waals surface area contributed by atoms with Crippen LogP contribution in [0.25, 0.3) is 10.9 Å². The number of pyridine rings is 1. The minimum Gasteiger partial charge on any atom is -0.465 e. The van der Waals surface area contributed by atoms with Crippen molar-refractivity contribution >= 4 is 41.0 Å².